The van der Waals surface area contributed by atoms with Crippen LogP contribution in [-0.2, 0) is 26.3 Å². The second-order valence-corrected chi connectivity index (χ2v) is 12.3. The molecule has 3 rings (SSSR count). The van der Waals surface area contributed by atoms with E-state index in [-0.39, 0.29) is 18.5 Å². The Bertz CT molecular complexity index is 1230. The molecule has 2 amide bonds. The number of nitrogens with one attached hydrogen (secondary N) is 1. The van der Waals surface area contributed by atoms with Crippen LogP contribution in [0.5, 0.6) is 0 Å². The number of carbonyl (C=O) groups excluding carboxylic acids is 2. The molecular formula is C28H39FN4O4S. The molecule has 10 heteroatoms. The molecule has 0 radical (unpaired) electrons. The van der Waals surface area contributed by atoms with Crippen molar-refractivity contribution in [1.29, 1.82) is 0 Å². The van der Waals surface area contributed by atoms with Gasteiger partial charge in [-0.2, -0.15) is 12.7 Å². The molecule has 0 unspecified atom stereocenters. The average Bonchev–Trinajstić information content (AvgIpc) is 2.88. The first-order valence-electron chi connectivity index (χ1n) is 13.0. The van der Waals surface area contributed by atoms with E-state index >= 15 is 0 Å². The molecular weight excluding hydrogens is 507 g/mol. The van der Waals surface area contributed by atoms with Gasteiger partial charge in [0.1, 0.15) is 18.4 Å². The highest BCUT2D eigenvalue weighted by atomic mass is 32.2. The smallest absolute Gasteiger partial charge is 0.304 e. The number of amides is 2. The van der Waals surface area contributed by atoms with E-state index in [1.54, 1.807) is 32.0 Å². The average molecular weight is 547 g/mol. The Kier molecular flexibility index (Phi) is 9.89. The van der Waals surface area contributed by atoms with Crippen molar-refractivity contribution in [1.82, 2.24) is 14.5 Å². The number of halogens is 1. The number of benzene rings is 2. The van der Waals surface area contributed by atoms with Crippen LogP contribution in [0, 0.1) is 19.7 Å². The Balaban J connectivity index is 1.94. The Morgan fingerprint density at radius 2 is 1.66 bits per heavy atom. The first-order chi connectivity index (χ1) is 17.9. The van der Waals surface area contributed by atoms with Crippen molar-refractivity contribution < 1.29 is 22.4 Å². The van der Waals surface area contributed by atoms with Crippen molar-refractivity contribution in [2.24, 2.45) is 0 Å². The molecule has 0 heterocycles. The lowest BCUT2D eigenvalue weighted by Crippen LogP contribution is -2.53. The summed E-state index contributed by atoms with van der Waals surface area (Å²) >= 11 is 0. The van der Waals surface area contributed by atoms with Crippen molar-refractivity contribution in [3.63, 3.8) is 0 Å². The summed E-state index contributed by atoms with van der Waals surface area (Å²) in [7, 11) is -1.22. The van der Waals surface area contributed by atoms with E-state index in [1.165, 1.54) is 31.1 Å². The van der Waals surface area contributed by atoms with Crippen molar-refractivity contribution in [3.8, 4) is 0 Å². The summed E-state index contributed by atoms with van der Waals surface area (Å²) in [5.74, 6) is -1.24. The van der Waals surface area contributed by atoms with Gasteiger partial charge in [0.05, 0.1) is 5.69 Å². The third-order valence-electron chi connectivity index (χ3n) is 7.04. The highest BCUT2D eigenvalue weighted by molar-refractivity contribution is 7.90. The summed E-state index contributed by atoms with van der Waals surface area (Å²) in [6, 6.07) is 10.3. The van der Waals surface area contributed by atoms with E-state index < -0.39 is 34.5 Å². The fourth-order valence-electron chi connectivity index (χ4n) is 4.63. The predicted molar refractivity (Wildman–Crippen MR) is 147 cm³/mol. The molecule has 0 aromatic heterocycles. The number of nitrogens with zero attached hydrogens (tertiary/aromatic N) is 3. The van der Waals surface area contributed by atoms with E-state index in [4.69, 9.17) is 0 Å². The fraction of sp³-hybridized carbons (Fsp3) is 0.500. The topological polar surface area (TPSA) is 90.0 Å². The summed E-state index contributed by atoms with van der Waals surface area (Å²) in [6.45, 7) is 4.81. The standard InChI is InChI=1S/C28H39FN4O4S/c1-20-11-12-21(2)26(17-20)33(38(36,37)31(4)5)19-27(34)32(18-23-13-15-24(29)16-14-23)22(3)28(35)30-25-9-7-6-8-10-25/h11-17,22,25H,6-10,18-19H2,1-5H3,(H,30,35)/t22-/m0/s1. The molecule has 38 heavy (non-hydrogen) atoms. The zero-order valence-corrected chi connectivity index (χ0v) is 23.7. The summed E-state index contributed by atoms with van der Waals surface area (Å²) in [6.07, 6.45) is 5.03. The summed E-state index contributed by atoms with van der Waals surface area (Å²) in [5, 5.41) is 3.07. The van der Waals surface area contributed by atoms with Gasteiger partial charge in [0, 0.05) is 26.7 Å². The molecule has 0 bridgehead atoms. The van der Waals surface area contributed by atoms with Crippen molar-refractivity contribution in [3.05, 3.63) is 65.0 Å². The van der Waals surface area contributed by atoms with Crippen LogP contribution in [0.4, 0.5) is 10.1 Å². The molecule has 0 aliphatic heterocycles. The van der Waals surface area contributed by atoms with E-state index in [0.717, 1.165) is 46.3 Å². The van der Waals surface area contributed by atoms with E-state index in [9.17, 15) is 22.4 Å². The summed E-state index contributed by atoms with van der Waals surface area (Å²) < 4.78 is 42.4. The number of hydrogen-bond acceptors (Lipinski definition) is 4. The molecule has 0 saturated heterocycles. The first-order valence-corrected chi connectivity index (χ1v) is 14.4. The zero-order chi connectivity index (χ0) is 28.0. The molecule has 1 saturated carbocycles. The normalized spacial score (nSPS) is 15.2. The second kappa shape index (κ2) is 12.7. The molecule has 1 atom stereocenters. The lowest BCUT2D eigenvalue weighted by Gasteiger charge is -2.34. The third kappa shape index (κ3) is 7.32. The molecule has 1 aliphatic carbocycles. The number of hydrogen-bond donors (Lipinski definition) is 1. The van der Waals surface area contributed by atoms with Crippen LogP contribution in [-0.4, -0.2) is 62.2 Å². The minimum absolute atomic E-state index is 0.0288. The van der Waals surface area contributed by atoms with Crippen LogP contribution in [0.15, 0.2) is 42.5 Å². The molecule has 1 aliphatic rings. The fourth-order valence-corrected chi connectivity index (χ4v) is 5.74. The maximum atomic E-state index is 13.8. The minimum atomic E-state index is -4.04. The highest BCUT2D eigenvalue weighted by Crippen LogP contribution is 2.26. The van der Waals surface area contributed by atoms with Gasteiger partial charge in [0.25, 0.3) is 0 Å². The quantitative estimate of drug-likeness (QED) is 0.489. The molecule has 1 N–H and O–H groups in total. The predicted octanol–water partition coefficient (Wildman–Crippen LogP) is 3.92. The lowest BCUT2D eigenvalue weighted by molar-refractivity contribution is -0.139. The molecule has 208 valence electrons. The Hall–Kier alpha value is -2.98. The van der Waals surface area contributed by atoms with Crippen molar-refractivity contribution in [2.45, 2.75) is 71.5 Å². The van der Waals surface area contributed by atoms with Crippen molar-refractivity contribution >= 4 is 27.7 Å². The van der Waals surface area contributed by atoms with E-state index in [2.05, 4.69) is 5.32 Å². The van der Waals surface area contributed by atoms with E-state index in [1.807, 2.05) is 19.1 Å². The first kappa shape index (κ1) is 29.6. The lowest BCUT2D eigenvalue weighted by atomic mass is 9.95. The van der Waals surface area contributed by atoms with Gasteiger partial charge in [-0.05, 0) is 68.5 Å². The van der Waals surface area contributed by atoms with Gasteiger partial charge in [-0.15, -0.1) is 0 Å². The Morgan fingerprint density at radius 3 is 2.26 bits per heavy atom. The van der Waals surface area contributed by atoms with Crippen LogP contribution >= 0.6 is 0 Å². The van der Waals surface area contributed by atoms with Gasteiger partial charge in [0.15, 0.2) is 0 Å². The highest BCUT2D eigenvalue weighted by Gasteiger charge is 2.34. The molecule has 1 fully saturated rings. The maximum Gasteiger partial charge on any atom is 0.304 e. The van der Waals surface area contributed by atoms with Crippen LogP contribution in [0.2, 0.25) is 0 Å². The zero-order valence-electron chi connectivity index (χ0n) is 22.9. The molecule has 2 aromatic carbocycles. The largest absolute Gasteiger partial charge is 0.352 e. The molecule has 0 spiro atoms. The Morgan fingerprint density at radius 1 is 1.03 bits per heavy atom. The maximum absolute atomic E-state index is 13.8. The SMILES string of the molecule is Cc1ccc(C)c(N(CC(=O)N(Cc2ccc(F)cc2)[C@@H](C)C(=O)NC2CCCCC2)S(=O)(=O)N(C)C)c1. The Labute approximate surface area is 226 Å². The molecule has 8 nitrogen and oxygen atoms in total. The van der Waals surface area contributed by atoms with Gasteiger partial charge in [-0.3, -0.25) is 9.59 Å². The van der Waals surface area contributed by atoms with Crippen LogP contribution in [0.25, 0.3) is 0 Å². The third-order valence-corrected chi connectivity index (χ3v) is 8.84. The molecule has 2 aromatic rings. The number of carbonyl (C=O) groups is 2. The number of anilines is 1. The minimum Gasteiger partial charge on any atom is -0.352 e. The van der Waals surface area contributed by atoms with Gasteiger partial charge >= 0.3 is 10.2 Å². The summed E-state index contributed by atoms with van der Waals surface area (Å²) in [4.78, 5) is 28.5. The van der Waals surface area contributed by atoms with Crippen LogP contribution in [0.3, 0.4) is 0 Å². The van der Waals surface area contributed by atoms with Gasteiger partial charge < -0.3 is 10.2 Å². The number of rotatable bonds is 10. The summed E-state index contributed by atoms with van der Waals surface area (Å²) in [5.41, 5.74) is 2.57. The van der Waals surface area contributed by atoms with E-state index in [0.29, 0.717) is 16.8 Å². The van der Waals surface area contributed by atoms with Crippen LogP contribution < -0.4 is 9.62 Å². The van der Waals surface area contributed by atoms with Crippen molar-refractivity contribution in [2.75, 3.05) is 24.9 Å². The monoisotopic (exact) mass is 546 g/mol. The van der Waals surface area contributed by atoms with Crippen LogP contribution in [0.1, 0.15) is 55.7 Å². The second-order valence-electron chi connectivity index (χ2n) is 10.3. The number of aryl methyl sites for hydroxylation is 2. The van der Waals surface area contributed by atoms with Gasteiger partial charge in [0.2, 0.25) is 11.8 Å². The van der Waals surface area contributed by atoms with Gasteiger partial charge in [-0.1, -0.05) is 43.5 Å². The van der Waals surface area contributed by atoms with Gasteiger partial charge in [-0.25, -0.2) is 8.70 Å².